The highest BCUT2D eigenvalue weighted by Gasteiger charge is 2.14. The molecule has 2 aromatic heterocycles. The van der Waals surface area contributed by atoms with Gasteiger partial charge in [0.1, 0.15) is 5.56 Å². The summed E-state index contributed by atoms with van der Waals surface area (Å²) >= 11 is 0. The molecule has 0 saturated heterocycles. The first kappa shape index (κ1) is 12.1. The number of aromatic nitrogens is 3. The minimum atomic E-state index is -0.398. The van der Waals surface area contributed by atoms with Crippen LogP contribution in [0.25, 0.3) is 0 Å². The molecule has 2 aromatic rings. The Bertz CT molecular complexity index is 601. The van der Waals surface area contributed by atoms with E-state index in [1.54, 1.807) is 19.3 Å². The molecule has 0 aliphatic rings. The normalized spacial score (nSPS) is 12.1. The Morgan fingerprint density at radius 1 is 1.44 bits per heavy atom. The second-order valence-corrected chi connectivity index (χ2v) is 4.12. The molecule has 1 amide bonds. The van der Waals surface area contributed by atoms with Crippen LogP contribution >= 0.6 is 0 Å². The van der Waals surface area contributed by atoms with Gasteiger partial charge in [0.25, 0.3) is 5.91 Å². The minimum absolute atomic E-state index is 0.107. The Hall–Kier alpha value is -2.37. The molecule has 0 radical (unpaired) electrons. The highest BCUT2D eigenvalue weighted by atomic mass is 16.2. The number of amides is 1. The number of hydrogen-bond donors (Lipinski definition) is 3. The van der Waals surface area contributed by atoms with E-state index >= 15 is 0 Å². The number of nitrogens with one attached hydrogen (secondary N) is 3. The van der Waals surface area contributed by atoms with E-state index in [1.807, 2.05) is 6.92 Å². The summed E-state index contributed by atoms with van der Waals surface area (Å²) in [5.41, 5.74) is 1.39. The number of aromatic amines is 2. The third-order valence-electron chi connectivity index (χ3n) is 2.67. The van der Waals surface area contributed by atoms with Crippen LogP contribution in [0.1, 0.15) is 34.6 Å². The highest BCUT2D eigenvalue weighted by molar-refractivity contribution is 5.94. The molecule has 6 heteroatoms. The van der Waals surface area contributed by atoms with Crippen LogP contribution in [0.15, 0.2) is 29.5 Å². The van der Waals surface area contributed by atoms with Crippen molar-refractivity contribution >= 4 is 5.91 Å². The molecule has 0 saturated carbocycles. The highest BCUT2D eigenvalue weighted by Crippen LogP contribution is 2.09. The molecular weight excluding hydrogens is 232 g/mol. The zero-order valence-corrected chi connectivity index (χ0v) is 10.2. The van der Waals surface area contributed by atoms with Gasteiger partial charge in [-0.15, -0.1) is 0 Å². The quantitative estimate of drug-likeness (QED) is 0.751. The molecule has 0 bridgehead atoms. The van der Waals surface area contributed by atoms with E-state index in [0.29, 0.717) is 0 Å². The second kappa shape index (κ2) is 4.87. The van der Waals surface area contributed by atoms with Gasteiger partial charge in [-0.05, 0) is 13.8 Å². The van der Waals surface area contributed by atoms with Crippen LogP contribution in [-0.2, 0) is 0 Å². The predicted octanol–water partition coefficient (Wildman–Crippen LogP) is 0.897. The van der Waals surface area contributed by atoms with Gasteiger partial charge in [0.15, 0.2) is 5.43 Å². The third-order valence-corrected chi connectivity index (χ3v) is 2.67. The molecule has 0 spiro atoms. The molecule has 0 aliphatic heterocycles. The molecule has 3 N–H and O–H groups in total. The molecule has 0 aliphatic carbocycles. The SMILES string of the molecule is Cc1cc(=O)c(C(=O)NC(C)c2cn[nH]c2)c[nH]1. The first-order valence-corrected chi connectivity index (χ1v) is 5.57. The topological polar surface area (TPSA) is 90.6 Å². The first-order chi connectivity index (χ1) is 8.58. The van der Waals surface area contributed by atoms with Crippen LogP contribution in [-0.4, -0.2) is 21.1 Å². The molecule has 1 unspecified atom stereocenters. The monoisotopic (exact) mass is 246 g/mol. The van der Waals surface area contributed by atoms with Crippen molar-refractivity contribution in [2.24, 2.45) is 0 Å². The van der Waals surface area contributed by atoms with Crippen LogP contribution in [0.4, 0.5) is 0 Å². The van der Waals surface area contributed by atoms with Crippen LogP contribution in [0, 0.1) is 6.92 Å². The van der Waals surface area contributed by atoms with Crippen LogP contribution in [0.2, 0.25) is 0 Å². The molecule has 0 aromatic carbocycles. The van der Waals surface area contributed by atoms with E-state index in [2.05, 4.69) is 20.5 Å². The average molecular weight is 246 g/mol. The van der Waals surface area contributed by atoms with Crippen molar-refractivity contribution in [3.63, 3.8) is 0 Å². The standard InChI is InChI=1S/C12H14N4O2/c1-7-3-11(17)10(6-13-7)12(18)16-8(2)9-4-14-15-5-9/h3-6,8H,1-2H3,(H,13,17)(H,14,15)(H,16,18). The van der Waals surface area contributed by atoms with Crippen molar-refractivity contribution in [1.29, 1.82) is 0 Å². The van der Waals surface area contributed by atoms with E-state index in [0.717, 1.165) is 11.3 Å². The van der Waals surface area contributed by atoms with Crippen LogP contribution < -0.4 is 10.7 Å². The van der Waals surface area contributed by atoms with Crippen molar-refractivity contribution in [2.45, 2.75) is 19.9 Å². The maximum Gasteiger partial charge on any atom is 0.257 e. The fourth-order valence-corrected chi connectivity index (χ4v) is 1.61. The van der Waals surface area contributed by atoms with Gasteiger partial charge in [0.2, 0.25) is 0 Å². The van der Waals surface area contributed by atoms with Gasteiger partial charge < -0.3 is 10.3 Å². The average Bonchev–Trinajstić information content (AvgIpc) is 2.81. The summed E-state index contributed by atoms with van der Waals surface area (Å²) in [7, 11) is 0. The van der Waals surface area contributed by atoms with Crippen molar-refractivity contribution in [3.8, 4) is 0 Å². The predicted molar refractivity (Wildman–Crippen MR) is 66.3 cm³/mol. The maximum atomic E-state index is 11.9. The fourth-order valence-electron chi connectivity index (χ4n) is 1.61. The summed E-state index contributed by atoms with van der Waals surface area (Å²) in [5, 5.41) is 9.22. The zero-order chi connectivity index (χ0) is 13.1. The lowest BCUT2D eigenvalue weighted by atomic mass is 10.1. The molecular formula is C12H14N4O2. The summed E-state index contributed by atoms with van der Waals surface area (Å²) < 4.78 is 0. The molecule has 2 rings (SSSR count). The lowest BCUT2D eigenvalue weighted by molar-refractivity contribution is 0.0938. The van der Waals surface area contributed by atoms with E-state index in [-0.39, 0.29) is 17.0 Å². The number of rotatable bonds is 3. The molecule has 6 nitrogen and oxygen atoms in total. The van der Waals surface area contributed by atoms with Crippen molar-refractivity contribution < 1.29 is 4.79 Å². The lowest BCUT2D eigenvalue weighted by Gasteiger charge is -2.11. The Kier molecular flexibility index (Phi) is 3.27. The van der Waals surface area contributed by atoms with Crippen molar-refractivity contribution in [1.82, 2.24) is 20.5 Å². The molecule has 2 heterocycles. The number of hydrogen-bond acceptors (Lipinski definition) is 3. The van der Waals surface area contributed by atoms with Crippen molar-refractivity contribution in [2.75, 3.05) is 0 Å². The first-order valence-electron chi connectivity index (χ1n) is 5.57. The Labute approximate surface area is 103 Å². The van der Waals surface area contributed by atoms with Gasteiger partial charge in [-0.1, -0.05) is 0 Å². The van der Waals surface area contributed by atoms with Gasteiger partial charge in [0, 0.05) is 29.7 Å². The Morgan fingerprint density at radius 2 is 2.22 bits per heavy atom. The Morgan fingerprint density at radius 3 is 2.83 bits per heavy atom. The van der Waals surface area contributed by atoms with Gasteiger partial charge >= 0.3 is 0 Å². The van der Waals surface area contributed by atoms with Crippen molar-refractivity contribution in [3.05, 3.63) is 51.7 Å². The van der Waals surface area contributed by atoms with Crippen LogP contribution in [0.5, 0.6) is 0 Å². The number of nitrogens with zero attached hydrogens (tertiary/aromatic N) is 1. The van der Waals surface area contributed by atoms with E-state index in [9.17, 15) is 9.59 Å². The fraction of sp³-hybridized carbons (Fsp3) is 0.250. The second-order valence-electron chi connectivity index (χ2n) is 4.12. The molecule has 0 fully saturated rings. The smallest absolute Gasteiger partial charge is 0.257 e. The maximum absolute atomic E-state index is 11.9. The molecule has 18 heavy (non-hydrogen) atoms. The largest absolute Gasteiger partial charge is 0.364 e. The molecule has 1 atom stereocenters. The number of carbonyl (C=O) groups is 1. The Balaban J connectivity index is 2.15. The zero-order valence-electron chi connectivity index (χ0n) is 10.2. The van der Waals surface area contributed by atoms with Gasteiger partial charge in [-0.3, -0.25) is 14.7 Å². The number of carbonyl (C=O) groups excluding carboxylic acids is 1. The van der Waals surface area contributed by atoms with E-state index < -0.39 is 5.91 Å². The van der Waals surface area contributed by atoms with E-state index in [4.69, 9.17) is 0 Å². The summed E-state index contributed by atoms with van der Waals surface area (Å²) in [6.45, 7) is 3.59. The van der Waals surface area contributed by atoms with E-state index in [1.165, 1.54) is 12.3 Å². The van der Waals surface area contributed by atoms with Gasteiger partial charge in [0.05, 0.1) is 12.2 Å². The third kappa shape index (κ3) is 2.48. The molecule has 94 valence electrons. The van der Waals surface area contributed by atoms with Crippen LogP contribution in [0.3, 0.4) is 0 Å². The lowest BCUT2D eigenvalue weighted by Crippen LogP contribution is -2.30. The van der Waals surface area contributed by atoms with Gasteiger partial charge in [-0.25, -0.2) is 0 Å². The number of aryl methyl sites for hydroxylation is 1. The van der Waals surface area contributed by atoms with Gasteiger partial charge in [-0.2, -0.15) is 5.10 Å². The summed E-state index contributed by atoms with van der Waals surface area (Å²) in [6, 6.07) is 1.19. The summed E-state index contributed by atoms with van der Waals surface area (Å²) in [4.78, 5) is 26.4. The number of pyridine rings is 1. The number of H-pyrrole nitrogens is 2. The summed E-state index contributed by atoms with van der Waals surface area (Å²) in [6.07, 6.45) is 4.75. The minimum Gasteiger partial charge on any atom is -0.364 e. The summed E-state index contributed by atoms with van der Waals surface area (Å²) in [5.74, 6) is -0.398.